The summed E-state index contributed by atoms with van der Waals surface area (Å²) in [6.45, 7) is 2.38. The molecule has 2 N–H and O–H groups in total. The summed E-state index contributed by atoms with van der Waals surface area (Å²) < 4.78 is 45.3. The van der Waals surface area contributed by atoms with Crippen molar-refractivity contribution in [2.24, 2.45) is 0 Å². The third-order valence-corrected chi connectivity index (χ3v) is 6.45. The first kappa shape index (κ1) is 23.7. The van der Waals surface area contributed by atoms with Crippen molar-refractivity contribution >= 4 is 21.0 Å². The van der Waals surface area contributed by atoms with Crippen LogP contribution in [-0.2, 0) is 26.1 Å². The van der Waals surface area contributed by atoms with Gasteiger partial charge < -0.3 is 14.6 Å². The predicted molar refractivity (Wildman–Crippen MR) is 123 cm³/mol. The summed E-state index contributed by atoms with van der Waals surface area (Å²) in [5.41, 5.74) is 2.55. The molecule has 1 atom stereocenters. The van der Waals surface area contributed by atoms with Gasteiger partial charge in [-0.2, -0.15) is 18.6 Å². The molecular formula is C22H30N4O6S. The zero-order valence-electron chi connectivity index (χ0n) is 18.5. The Morgan fingerprint density at radius 3 is 2.82 bits per heavy atom. The van der Waals surface area contributed by atoms with Gasteiger partial charge in [0.05, 0.1) is 17.5 Å². The van der Waals surface area contributed by atoms with E-state index >= 15 is 0 Å². The van der Waals surface area contributed by atoms with Crippen LogP contribution in [0.15, 0.2) is 30.6 Å². The molecule has 10 nitrogen and oxygen atoms in total. The highest BCUT2D eigenvalue weighted by Crippen LogP contribution is 2.34. The molecule has 1 aliphatic rings. The lowest BCUT2D eigenvalue weighted by Gasteiger charge is -2.23. The van der Waals surface area contributed by atoms with Crippen molar-refractivity contribution in [3.05, 3.63) is 30.6 Å². The van der Waals surface area contributed by atoms with E-state index in [9.17, 15) is 13.5 Å². The lowest BCUT2D eigenvalue weighted by molar-refractivity contribution is -0.0365. The van der Waals surface area contributed by atoms with Gasteiger partial charge in [0.1, 0.15) is 11.4 Å². The van der Waals surface area contributed by atoms with E-state index in [1.165, 1.54) is 0 Å². The minimum atomic E-state index is -3.89. The fourth-order valence-electron chi connectivity index (χ4n) is 4.01. The number of aromatic hydroxyl groups is 1. The molecule has 0 saturated carbocycles. The maximum atomic E-state index is 10.7. The van der Waals surface area contributed by atoms with E-state index in [0.29, 0.717) is 32.6 Å². The molecule has 1 saturated heterocycles. The van der Waals surface area contributed by atoms with Gasteiger partial charge in [0.25, 0.3) is 10.1 Å². The highest BCUT2D eigenvalue weighted by atomic mass is 32.2. The minimum Gasteiger partial charge on any atom is -0.508 e. The topological polar surface area (TPSA) is 129 Å². The van der Waals surface area contributed by atoms with Crippen molar-refractivity contribution < 1.29 is 27.6 Å². The first-order valence-corrected chi connectivity index (χ1v) is 12.9. The number of rotatable bonds is 11. The molecule has 0 aliphatic carbocycles. The number of ether oxygens (including phenoxy) is 2. The van der Waals surface area contributed by atoms with E-state index in [1.54, 1.807) is 18.3 Å². The number of aromatic nitrogens is 4. The summed E-state index contributed by atoms with van der Waals surface area (Å²) in [5.74, 6) is -0.0457. The number of hydrogen-bond donors (Lipinski definition) is 2. The first-order valence-electron chi connectivity index (χ1n) is 11.3. The van der Waals surface area contributed by atoms with E-state index in [1.807, 2.05) is 21.6 Å². The third kappa shape index (κ3) is 6.32. The van der Waals surface area contributed by atoms with Crippen molar-refractivity contribution in [2.75, 3.05) is 25.6 Å². The van der Waals surface area contributed by atoms with E-state index in [4.69, 9.17) is 19.1 Å². The van der Waals surface area contributed by atoms with Crippen LogP contribution in [0.1, 0.15) is 44.8 Å². The summed E-state index contributed by atoms with van der Waals surface area (Å²) >= 11 is 0. The fraction of sp³-hybridized carbons (Fsp3) is 0.545. The Bertz CT molecular complexity index is 1170. The van der Waals surface area contributed by atoms with Crippen LogP contribution in [0, 0.1) is 0 Å². The van der Waals surface area contributed by atoms with Crippen LogP contribution in [0.5, 0.6) is 5.75 Å². The summed E-state index contributed by atoms with van der Waals surface area (Å²) in [6.07, 6.45) is 8.38. The summed E-state index contributed by atoms with van der Waals surface area (Å²) in [4.78, 5) is 0. The van der Waals surface area contributed by atoms with Crippen LogP contribution in [0.2, 0.25) is 0 Å². The molecule has 180 valence electrons. The van der Waals surface area contributed by atoms with Crippen LogP contribution in [-0.4, -0.2) is 63.2 Å². The maximum absolute atomic E-state index is 10.7. The number of fused-ring (bicyclic) bond motifs is 1. The van der Waals surface area contributed by atoms with Gasteiger partial charge in [0.2, 0.25) is 0 Å². The molecule has 3 aromatic rings. The fourth-order valence-corrected chi connectivity index (χ4v) is 4.57. The number of benzene rings is 1. The Kier molecular flexibility index (Phi) is 7.63. The maximum Gasteiger partial charge on any atom is 0.264 e. The molecule has 0 amide bonds. The second-order valence-corrected chi connectivity index (χ2v) is 9.84. The van der Waals surface area contributed by atoms with Crippen LogP contribution in [0.3, 0.4) is 0 Å². The summed E-state index contributed by atoms with van der Waals surface area (Å²) in [7, 11) is -3.89. The molecular weight excluding hydrogens is 448 g/mol. The quantitative estimate of drug-likeness (QED) is 0.317. The summed E-state index contributed by atoms with van der Waals surface area (Å²) in [5, 5.41) is 20.2. The molecule has 1 fully saturated rings. The normalized spacial score (nSPS) is 17.1. The number of aryl methyl sites for hydroxylation is 1. The molecule has 0 bridgehead atoms. The highest BCUT2D eigenvalue weighted by Gasteiger charge is 2.22. The largest absolute Gasteiger partial charge is 0.508 e. The van der Waals surface area contributed by atoms with Crippen molar-refractivity contribution in [2.45, 2.75) is 51.3 Å². The van der Waals surface area contributed by atoms with Crippen LogP contribution >= 0.6 is 0 Å². The Balaban J connectivity index is 1.36. The molecule has 1 aliphatic heterocycles. The van der Waals surface area contributed by atoms with E-state index in [2.05, 4.69) is 5.10 Å². The molecule has 4 rings (SSSR count). The molecule has 33 heavy (non-hydrogen) atoms. The Morgan fingerprint density at radius 1 is 1.18 bits per heavy atom. The molecule has 3 heterocycles. The van der Waals surface area contributed by atoms with Crippen LogP contribution in [0.4, 0.5) is 0 Å². The minimum absolute atomic E-state index is 0.107. The van der Waals surface area contributed by atoms with Crippen LogP contribution < -0.4 is 0 Å². The van der Waals surface area contributed by atoms with Gasteiger partial charge in [0.15, 0.2) is 6.23 Å². The molecule has 11 heteroatoms. The van der Waals surface area contributed by atoms with Gasteiger partial charge in [-0.3, -0.25) is 9.23 Å². The van der Waals surface area contributed by atoms with E-state index in [0.717, 1.165) is 54.5 Å². The lowest BCUT2D eigenvalue weighted by Crippen LogP contribution is -2.19. The van der Waals surface area contributed by atoms with Crippen molar-refractivity contribution in [3.8, 4) is 17.0 Å². The Morgan fingerprint density at radius 2 is 2.03 bits per heavy atom. The smallest absolute Gasteiger partial charge is 0.264 e. The van der Waals surface area contributed by atoms with Gasteiger partial charge in [-0.1, -0.05) is 0 Å². The molecule has 1 aromatic carbocycles. The van der Waals surface area contributed by atoms with E-state index in [-0.39, 0.29) is 17.7 Å². The van der Waals surface area contributed by atoms with Crippen molar-refractivity contribution in [1.82, 2.24) is 19.6 Å². The average molecular weight is 479 g/mol. The standard InChI is InChI=1S/C22H30N4O6S/c27-18-7-8-20-19(14-18)22(24-26(20)21-6-1-2-12-32-21)17-15-23-25(16-17)9-5-11-31-10-3-4-13-33(28,29)30/h7-8,14-16,21,27H,1-6,9-13H2,(H,28,29,30). The Hall–Kier alpha value is -2.47. The zero-order chi connectivity index (χ0) is 23.3. The third-order valence-electron chi connectivity index (χ3n) is 5.64. The zero-order valence-corrected chi connectivity index (χ0v) is 19.3. The number of hydrogen-bond acceptors (Lipinski definition) is 7. The summed E-state index contributed by atoms with van der Waals surface area (Å²) in [6, 6.07) is 5.26. The second kappa shape index (κ2) is 10.6. The number of unbranched alkanes of at least 4 members (excludes halogenated alkanes) is 1. The Labute approximate surface area is 192 Å². The second-order valence-electron chi connectivity index (χ2n) is 8.27. The SMILES string of the molecule is O=S(=O)(O)CCCCOCCCn1cc(-c2nn(C3CCCCO3)c3ccc(O)cc23)cn1. The number of nitrogens with zero attached hydrogens (tertiary/aromatic N) is 4. The molecule has 2 aromatic heterocycles. The van der Waals surface area contributed by atoms with Gasteiger partial charge >= 0.3 is 0 Å². The molecule has 0 radical (unpaired) electrons. The number of phenolic OH excluding ortho intramolecular Hbond substituents is 1. The monoisotopic (exact) mass is 478 g/mol. The van der Waals surface area contributed by atoms with Gasteiger partial charge in [-0.25, -0.2) is 4.68 Å². The first-order chi connectivity index (χ1) is 15.9. The molecule has 0 spiro atoms. The molecule has 1 unspecified atom stereocenters. The highest BCUT2D eigenvalue weighted by molar-refractivity contribution is 7.85. The van der Waals surface area contributed by atoms with Gasteiger partial charge in [-0.05, 0) is 56.7 Å². The van der Waals surface area contributed by atoms with Crippen molar-refractivity contribution in [3.63, 3.8) is 0 Å². The van der Waals surface area contributed by atoms with Gasteiger partial charge in [0, 0.05) is 43.5 Å². The van der Waals surface area contributed by atoms with Crippen LogP contribution in [0.25, 0.3) is 22.2 Å². The average Bonchev–Trinajstić information content (AvgIpc) is 3.40. The van der Waals surface area contributed by atoms with E-state index < -0.39 is 10.1 Å². The van der Waals surface area contributed by atoms with Gasteiger partial charge in [-0.15, -0.1) is 0 Å². The lowest BCUT2D eigenvalue weighted by atomic mass is 10.1. The predicted octanol–water partition coefficient (Wildman–Crippen LogP) is 3.38. The van der Waals surface area contributed by atoms with Crippen molar-refractivity contribution in [1.29, 1.82) is 0 Å². The number of phenols is 1.